The molecule has 32 heavy (non-hydrogen) atoms. The number of benzene rings is 3. The van der Waals surface area contributed by atoms with E-state index in [1.807, 2.05) is 36.4 Å². The lowest BCUT2D eigenvalue weighted by atomic mass is 10.0. The van der Waals surface area contributed by atoms with Gasteiger partial charge in [0.1, 0.15) is 12.4 Å². The van der Waals surface area contributed by atoms with Crippen molar-refractivity contribution in [1.82, 2.24) is 14.9 Å². The summed E-state index contributed by atoms with van der Waals surface area (Å²) in [7, 11) is 0. The number of amides is 1. The SMILES string of the molecule is O=C(c1ccc(C(F)(F)F)cc1)N1CCOc2ccc(-c3ccc4nc[nH]c4c3)cc2C1. The lowest BCUT2D eigenvalue weighted by molar-refractivity contribution is -0.137. The predicted octanol–water partition coefficient (Wildman–Crippen LogP) is 5.28. The predicted molar refractivity (Wildman–Crippen MR) is 113 cm³/mol. The molecule has 4 aromatic rings. The number of aromatic amines is 1. The van der Waals surface area contributed by atoms with Gasteiger partial charge in [0, 0.05) is 17.7 Å². The van der Waals surface area contributed by atoms with Gasteiger partial charge in [-0.1, -0.05) is 12.1 Å². The highest BCUT2D eigenvalue weighted by atomic mass is 19.4. The number of fused-ring (bicyclic) bond motifs is 2. The Balaban J connectivity index is 1.42. The number of imidazole rings is 1. The van der Waals surface area contributed by atoms with Crippen LogP contribution in [0.1, 0.15) is 21.5 Å². The van der Waals surface area contributed by atoms with E-state index in [1.165, 1.54) is 12.1 Å². The Morgan fingerprint density at radius 1 is 1.00 bits per heavy atom. The Morgan fingerprint density at radius 3 is 2.53 bits per heavy atom. The van der Waals surface area contributed by atoms with Crippen molar-refractivity contribution in [1.29, 1.82) is 0 Å². The van der Waals surface area contributed by atoms with Gasteiger partial charge in [-0.15, -0.1) is 0 Å². The molecule has 0 fully saturated rings. The lowest BCUT2D eigenvalue weighted by Gasteiger charge is -2.20. The Labute approximate surface area is 181 Å². The summed E-state index contributed by atoms with van der Waals surface area (Å²) in [5, 5.41) is 0. The smallest absolute Gasteiger partial charge is 0.416 e. The Hall–Kier alpha value is -3.81. The van der Waals surface area contributed by atoms with Crippen LogP contribution in [0.2, 0.25) is 0 Å². The molecule has 0 atom stereocenters. The molecule has 162 valence electrons. The molecule has 0 saturated heterocycles. The van der Waals surface area contributed by atoms with E-state index < -0.39 is 11.7 Å². The van der Waals surface area contributed by atoms with Gasteiger partial charge in [-0.2, -0.15) is 13.2 Å². The number of nitrogens with zero attached hydrogens (tertiary/aromatic N) is 2. The van der Waals surface area contributed by atoms with E-state index >= 15 is 0 Å². The largest absolute Gasteiger partial charge is 0.491 e. The summed E-state index contributed by atoms with van der Waals surface area (Å²) in [6.07, 6.45) is -2.80. The topological polar surface area (TPSA) is 58.2 Å². The van der Waals surface area contributed by atoms with Crippen molar-refractivity contribution in [2.75, 3.05) is 13.2 Å². The Bertz CT molecular complexity index is 1300. The van der Waals surface area contributed by atoms with E-state index in [0.29, 0.717) is 25.4 Å². The van der Waals surface area contributed by atoms with Crippen molar-refractivity contribution in [3.8, 4) is 16.9 Å². The van der Waals surface area contributed by atoms with Crippen LogP contribution < -0.4 is 4.74 Å². The number of hydrogen-bond donors (Lipinski definition) is 1. The number of nitrogens with one attached hydrogen (secondary N) is 1. The molecule has 3 aromatic carbocycles. The van der Waals surface area contributed by atoms with Gasteiger partial charge < -0.3 is 14.6 Å². The molecule has 0 saturated carbocycles. The molecule has 5 rings (SSSR count). The van der Waals surface area contributed by atoms with Gasteiger partial charge >= 0.3 is 6.18 Å². The van der Waals surface area contributed by atoms with Crippen molar-refractivity contribution in [2.45, 2.75) is 12.7 Å². The Kier molecular flexibility index (Phi) is 4.84. The van der Waals surface area contributed by atoms with Crippen molar-refractivity contribution in [3.05, 3.63) is 83.7 Å². The minimum atomic E-state index is -4.44. The fourth-order valence-corrected chi connectivity index (χ4v) is 3.85. The summed E-state index contributed by atoms with van der Waals surface area (Å²) < 4.78 is 44.3. The molecule has 1 aromatic heterocycles. The third-order valence-corrected chi connectivity index (χ3v) is 5.54. The fourth-order valence-electron chi connectivity index (χ4n) is 3.85. The highest BCUT2D eigenvalue weighted by molar-refractivity contribution is 5.94. The molecule has 1 aliphatic heterocycles. The molecule has 0 aliphatic carbocycles. The molecule has 8 heteroatoms. The van der Waals surface area contributed by atoms with Crippen LogP contribution in [0.4, 0.5) is 13.2 Å². The first-order chi connectivity index (χ1) is 15.4. The van der Waals surface area contributed by atoms with Gasteiger partial charge in [-0.3, -0.25) is 4.79 Å². The number of rotatable bonds is 2. The molecule has 0 spiro atoms. The van der Waals surface area contributed by atoms with Crippen molar-refractivity contribution in [2.24, 2.45) is 0 Å². The van der Waals surface area contributed by atoms with E-state index in [0.717, 1.165) is 39.9 Å². The maximum absolute atomic E-state index is 13.0. The fraction of sp³-hybridized carbons (Fsp3) is 0.167. The van der Waals surface area contributed by atoms with E-state index in [-0.39, 0.29) is 11.5 Å². The monoisotopic (exact) mass is 437 g/mol. The maximum atomic E-state index is 13.0. The molecule has 5 nitrogen and oxygen atoms in total. The third kappa shape index (κ3) is 3.79. The molecule has 1 aliphatic rings. The summed E-state index contributed by atoms with van der Waals surface area (Å²) in [6, 6.07) is 16.0. The molecule has 0 unspecified atom stereocenters. The van der Waals surface area contributed by atoms with Crippen LogP contribution in [0.3, 0.4) is 0 Å². The summed E-state index contributed by atoms with van der Waals surface area (Å²) in [5.74, 6) is 0.360. The number of halogens is 3. The molecule has 0 radical (unpaired) electrons. The second-order valence-electron chi connectivity index (χ2n) is 7.61. The number of ether oxygens (including phenoxy) is 1. The van der Waals surface area contributed by atoms with Crippen LogP contribution in [0, 0.1) is 0 Å². The minimum absolute atomic E-state index is 0.210. The summed E-state index contributed by atoms with van der Waals surface area (Å²) in [6.45, 7) is 0.943. The average Bonchev–Trinajstić information content (AvgIpc) is 3.15. The van der Waals surface area contributed by atoms with Crippen LogP contribution in [0.5, 0.6) is 5.75 Å². The van der Waals surface area contributed by atoms with Crippen LogP contribution >= 0.6 is 0 Å². The first-order valence-corrected chi connectivity index (χ1v) is 10.0. The zero-order valence-corrected chi connectivity index (χ0v) is 16.8. The first kappa shape index (κ1) is 20.1. The molecular formula is C24H18F3N3O2. The quantitative estimate of drug-likeness (QED) is 0.464. The van der Waals surface area contributed by atoms with Gasteiger partial charge in [0.25, 0.3) is 5.91 Å². The van der Waals surface area contributed by atoms with Crippen molar-refractivity contribution >= 4 is 16.9 Å². The van der Waals surface area contributed by atoms with Gasteiger partial charge in [0.15, 0.2) is 0 Å². The number of hydrogen-bond acceptors (Lipinski definition) is 3. The van der Waals surface area contributed by atoms with Crippen LogP contribution in [0.15, 0.2) is 67.0 Å². The zero-order chi connectivity index (χ0) is 22.3. The van der Waals surface area contributed by atoms with Gasteiger partial charge in [-0.05, 0) is 59.7 Å². The summed E-state index contributed by atoms with van der Waals surface area (Å²) >= 11 is 0. The maximum Gasteiger partial charge on any atom is 0.416 e. The number of H-pyrrole nitrogens is 1. The molecule has 2 heterocycles. The first-order valence-electron chi connectivity index (χ1n) is 10.0. The molecule has 1 N–H and O–H groups in total. The standard InChI is InChI=1S/C24H18F3N3O2/c25-24(26,27)19-5-1-15(2-6-19)23(31)30-9-10-32-22-8-4-16(11-18(22)13-30)17-3-7-20-21(12-17)29-14-28-20/h1-8,11-12,14H,9-10,13H2,(H,28,29). The summed E-state index contributed by atoms with van der Waals surface area (Å²) in [4.78, 5) is 21.9. The Morgan fingerprint density at radius 2 is 1.75 bits per heavy atom. The van der Waals surface area contributed by atoms with Crippen molar-refractivity contribution in [3.63, 3.8) is 0 Å². The second kappa shape index (κ2) is 7.71. The number of aromatic nitrogens is 2. The van der Waals surface area contributed by atoms with Gasteiger partial charge in [0.05, 0.1) is 29.5 Å². The van der Waals surface area contributed by atoms with E-state index in [2.05, 4.69) is 9.97 Å². The van der Waals surface area contributed by atoms with Gasteiger partial charge in [-0.25, -0.2) is 4.98 Å². The molecule has 1 amide bonds. The summed E-state index contributed by atoms with van der Waals surface area (Å²) in [5.41, 5.74) is 4.03. The normalized spacial score (nSPS) is 14.0. The van der Waals surface area contributed by atoms with Crippen LogP contribution in [-0.4, -0.2) is 33.9 Å². The highest BCUT2D eigenvalue weighted by Gasteiger charge is 2.30. The highest BCUT2D eigenvalue weighted by Crippen LogP contribution is 2.32. The minimum Gasteiger partial charge on any atom is -0.491 e. The van der Waals surface area contributed by atoms with E-state index in [4.69, 9.17) is 4.74 Å². The number of carbonyl (C=O) groups excluding carboxylic acids is 1. The van der Waals surface area contributed by atoms with Crippen molar-refractivity contribution < 1.29 is 22.7 Å². The number of alkyl halides is 3. The van der Waals surface area contributed by atoms with Crippen LogP contribution in [-0.2, 0) is 12.7 Å². The second-order valence-corrected chi connectivity index (χ2v) is 7.61. The van der Waals surface area contributed by atoms with Gasteiger partial charge in [0.2, 0.25) is 0 Å². The molecule has 0 bridgehead atoms. The third-order valence-electron chi connectivity index (χ3n) is 5.54. The van der Waals surface area contributed by atoms with Crippen LogP contribution in [0.25, 0.3) is 22.2 Å². The van der Waals surface area contributed by atoms with E-state index in [9.17, 15) is 18.0 Å². The van der Waals surface area contributed by atoms with E-state index in [1.54, 1.807) is 11.2 Å². The lowest BCUT2D eigenvalue weighted by Crippen LogP contribution is -2.32. The zero-order valence-electron chi connectivity index (χ0n) is 16.8. The average molecular weight is 437 g/mol. The molecular weight excluding hydrogens is 419 g/mol. The number of carbonyl (C=O) groups is 1.